The lowest BCUT2D eigenvalue weighted by atomic mass is 9.88. The van der Waals surface area contributed by atoms with Crippen molar-refractivity contribution in [3.8, 4) is 0 Å². The predicted molar refractivity (Wildman–Crippen MR) is 87.5 cm³/mol. The number of hydrogen-bond donors (Lipinski definition) is 2. The van der Waals surface area contributed by atoms with Crippen molar-refractivity contribution in [2.45, 2.75) is 32.7 Å². The monoisotopic (exact) mass is 345 g/mol. The van der Waals surface area contributed by atoms with E-state index in [4.69, 9.17) is 5.11 Å². The highest BCUT2D eigenvalue weighted by molar-refractivity contribution is 7.15. The van der Waals surface area contributed by atoms with Gasteiger partial charge in [-0.3, -0.25) is 14.0 Å². The highest BCUT2D eigenvalue weighted by Gasteiger charge is 2.35. The van der Waals surface area contributed by atoms with Gasteiger partial charge in [-0.15, -0.1) is 11.3 Å². The molecule has 9 heteroatoms. The fourth-order valence-electron chi connectivity index (χ4n) is 3.42. The number of carbonyl (C=O) groups is 2. The van der Waals surface area contributed by atoms with Gasteiger partial charge in [0.25, 0.3) is 0 Å². The summed E-state index contributed by atoms with van der Waals surface area (Å²) in [6, 6.07) is 0. The number of fused-ring (bicyclic) bond motifs is 2. The Kier molecular flexibility index (Phi) is 3.20. The van der Waals surface area contributed by atoms with Crippen LogP contribution in [0.4, 0.5) is 5.82 Å². The average molecular weight is 345 g/mol. The number of carboxylic acids is 1. The van der Waals surface area contributed by atoms with Gasteiger partial charge in [0.2, 0.25) is 5.91 Å². The van der Waals surface area contributed by atoms with E-state index in [1.165, 1.54) is 16.0 Å². The first-order chi connectivity index (χ1) is 11.5. The molecule has 0 aliphatic carbocycles. The number of amides is 1. The molecule has 3 aromatic heterocycles. The molecule has 1 aliphatic rings. The Labute approximate surface area is 140 Å². The molecule has 4 heterocycles. The summed E-state index contributed by atoms with van der Waals surface area (Å²) in [6.07, 6.45) is 2.23. The van der Waals surface area contributed by atoms with E-state index in [1.807, 2.05) is 29.8 Å². The van der Waals surface area contributed by atoms with Crippen molar-refractivity contribution in [3.05, 3.63) is 34.2 Å². The fourth-order valence-corrected chi connectivity index (χ4v) is 4.19. The molecule has 0 aromatic carbocycles. The van der Waals surface area contributed by atoms with Crippen molar-refractivity contribution < 1.29 is 14.7 Å². The maximum absolute atomic E-state index is 12.2. The maximum Gasteiger partial charge on any atom is 0.325 e. The number of hydrogen-bond acceptors (Lipinski definition) is 5. The summed E-state index contributed by atoms with van der Waals surface area (Å²) in [4.78, 5) is 28.7. The second-order valence-corrected chi connectivity index (χ2v) is 6.72. The van der Waals surface area contributed by atoms with Crippen LogP contribution in [0.3, 0.4) is 0 Å². The molecule has 0 spiro atoms. The number of thiazole rings is 1. The number of carbonyl (C=O) groups excluding carboxylic acids is 1. The second kappa shape index (κ2) is 5.17. The molecule has 0 saturated heterocycles. The number of nitrogens with zero attached hydrogens (tertiary/aromatic N) is 4. The summed E-state index contributed by atoms with van der Waals surface area (Å²) in [5, 5.41) is 18.1. The highest BCUT2D eigenvalue weighted by atomic mass is 32.1. The topological polar surface area (TPSA) is 102 Å². The van der Waals surface area contributed by atoms with E-state index in [2.05, 4.69) is 15.4 Å². The number of nitrogens with one attached hydrogen (secondary N) is 1. The lowest BCUT2D eigenvalue weighted by Crippen LogP contribution is -2.26. The minimum atomic E-state index is -1.00. The smallest absolute Gasteiger partial charge is 0.325 e. The Morgan fingerprint density at radius 3 is 3.00 bits per heavy atom. The van der Waals surface area contributed by atoms with Crippen molar-refractivity contribution in [2.75, 3.05) is 5.32 Å². The largest absolute Gasteiger partial charge is 0.480 e. The van der Waals surface area contributed by atoms with Crippen LogP contribution in [0.2, 0.25) is 0 Å². The molecular formula is C15H15N5O3S. The molecule has 0 bridgehead atoms. The molecule has 1 atom stereocenters. The summed E-state index contributed by atoms with van der Waals surface area (Å²) in [7, 11) is 0. The van der Waals surface area contributed by atoms with E-state index < -0.39 is 5.97 Å². The van der Waals surface area contributed by atoms with Crippen LogP contribution in [0.5, 0.6) is 0 Å². The Balaban J connectivity index is 1.92. The van der Waals surface area contributed by atoms with Crippen LogP contribution < -0.4 is 5.32 Å². The van der Waals surface area contributed by atoms with Crippen LogP contribution >= 0.6 is 11.3 Å². The minimum absolute atomic E-state index is 0.149. The van der Waals surface area contributed by atoms with Gasteiger partial charge in [-0.1, -0.05) is 0 Å². The Morgan fingerprint density at radius 1 is 1.46 bits per heavy atom. The van der Waals surface area contributed by atoms with Crippen LogP contribution in [-0.2, 0) is 16.1 Å². The van der Waals surface area contributed by atoms with Crippen molar-refractivity contribution in [1.82, 2.24) is 19.2 Å². The van der Waals surface area contributed by atoms with E-state index in [1.54, 1.807) is 0 Å². The SMILES string of the molecule is Cc1nn(CC(=O)O)c2c1C(c1c(C)nc3sccn13)CC(=O)N2. The number of aromatic nitrogens is 4. The van der Waals surface area contributed by atoms with Crippen LogP contribution in [0.25, 0.3) is 4.96 Å². The number of aliphatic carboxylic acids is 1. The molecule has 1 unspecified atom stereocenters. The van der Waals surface area contributed by atoms with Gasteiger partial charge in [-0.05, 0) is 13.8 Å². The summed E-state index contributed by atoms with van der Waals surface area (Å²) in [5.74, 6) is -0.873. The van der Waals surface area contributed by atoms with Gasteiger partial charge in [0.05, 0.1) is 17.1 Å². The van der Waals surface area contributed by atoms with E-state index in [0.29, 0.717) is 5.82 Å². The van der Waals surface area contributed by atoms with Crippen molar-refractivity contribution in [3.63, 3.8) is 0 Å². The molecule has 1 aliphatic heterocycles. The zero-order valence-corrected chi connectivity index (χ0v) is 13.9. The molecule has 124 valence electrons. The van der Waals surface area contributed by atoms with Crippen molar-refractivity contribution >= 4 is 34.0 Å². The molecule has 8 nitrogen and oxygen atoms in total. The zero-order valence-electron chi connectivity index (χ0n) is 13.1. The summed E-state index contributed by atoms with van der Waals surface area (Å²) in [6.45, 7) is 3.48. The van der Waals surface area contributed by atoms with Gasteiger partial charge in [0.15, 0.2) is 4.96 Å². The molecule has 1 amide bonds. The van der Waals surface area contributed by atoms with Crippen molar-refractivity contribution in [2.24, 2.45) is 0 Å². The summed E-state index contributed by atoms with van der Waals surface area (Å²) < 4.78 is 3.35. The predicted octanol–water partition coefficient (Wildman–Crippen LogP) is 1.77. The standard InChI is InChI=1S/C15H15N5O3S/c1-7-12-9(13-8(2)16-15-19(13)3-4-24-15)5-10(21)17-14(12)20(18-7)6-11(22)23/h3-4,9H,5-6H2,1-2H3,(H,17,21)(H,22,23). The molecule has 0 saturated carbocycles. The number of imidazole rings is 1. The molecule has 0 radical (unpaired) electrons. The highest BCUT2D eigenvalue weighted by Crippen LogP contribution is 2.40. The van der Waals surface area contributed by atoms with E-state index in [9.17, 15) is 9.59 Å². The molecule has 3 aromatic rings. The Hall–Kier alpha value is -2.68. The van der Waals surface area contributed by atoms with Gasteiger partial charge in [-0.2, -0.15) is 5.10 Å². The van der Waals surface area contributed by atoms with E-state index in [0.717, 1.165) is 27.6 Å². The van der Waals surface area contributed by atoms with Gasteiger partial charge in [-0.25, -0.2) is 9.67 Å². The first-order valence-corrected chi connectivity index (χ1v) is 8.34. The first kappa shape index (κ1) is 14.9. The minimum Gasteiger partial charge on any atom is -0.480 e. The fraction of sp³-hybridized carbons (Fsp3) is 0.333. The van der Waals surface area contributed by atoms with E-state index >= 15 is 0 Å². The third kappa shape index (κ3) is 2.12. The number of rotatable bonds is 3. The summed E-state index contributed by atoms with van der Waals surface area (Å²) >= 11 is 1.54. The number of anilines is 1. The third-order valence-electron chi connectivity index (χ3n) is 4.27. The summed E-state index contributed by atoms with van der Waals surface area (Å²) in [5.41, 5.74) is 3.42. The Bertz CT molecular complexity index is 983. The maximum atomic E-state index is 12.2. The number of carboxylic acid groups (broad SMARTS) is 1. The molecule has 0 fully saturated rings. The van der Waals surface area contributed by atoms with Gasteiger partial charge in [0.1, 0.15) is 12.4 Å². The quantitative estimate of drug-likeness (QED) is 0.753. The lowest BCUT2D eigenvalue weighted by Gasteiger charge is -2.24. The molecule has 24 heavy (non-hydrogen) atoms. The van der Waals surface area contributed by atoms with Crippen molar-refractivity contribution in [1.29, 1.82) is 0 Å². The van der Waals surface area contributed by atoms with Gasteiger partial charge < -0.3 is 10.4 Å². The van der Waals surface area contributed by atoms with E-state index in [-0.39, 0.29) is 24.8 Å². The van der Waals surface area contributed by atoms with Crippen LogP contribution in [0, 0.1) is 13.8 Å². The van der Waals surface area contributed by atoms with Gasteiger partial charge >= 0.3 is 5.97 Å². The number of aryl methyl sites for hydroxylation is 2. The molecule has 2 N–H and O–H groups in total. The Morgan fingerprint density at radius 2 is 2.25 bits per heavy atom. The first-order valence-electron chi connectivity index (χ1n) is 7.46. The zero-order chi connectivity index (χ0) is 17.0. The van der Waals surface area contributed by atoms with Crippen LogP contribution in [-0.4, -0.2) is 36.1 Å². The lowest BCUT2D eigenvalue weighted by molar-refractivity contribution is -0.137. The normalized spacial score (nSPS) is 17.1. The van der Waals surface area contributed by atoms with Crippen LogP contribution in [0.1, 0.15) is 35.0 Å². The average Bonchev–Trinajstić information content (AvgIpc) is 3.12. The third-order valence-corrected chi connectivity index (χ3v) is 5.02. The van der Waals surface area contributed by atoms with Crippen LogP contribution in [0.15, 0.2) is 11.6 Å². The van der Waals surface area contributed by atoms with Gasteiger partial charge in [0, 0.05) is 29.5 Å². The molecule has 4 rings (SSSR count). The molecular weight excluding hydrogens is 330 g/mol. The second-order valence-electron chi connectivity index (χ2n) is 5.84.